The number of nitrogens with two attached hydrogens (primary N) is 1. The van der Waals surface area contributed by atoms with Gasteiger partial charge in [-0.15, -0.1) is 21.8 Å². The molecule has 19 heavy (non-hydrogen) atoms. The first kappa shape index (κ1) is 13.8. The number of hydrogen-bond acceptors (Lipinski definition) is 3. The highest BCUT2D eigenvalue weighted by Gasteiger charge is 2.15. The maximum Gasteiger partial charge on any atom is 0.220 e. The number of rotatable bonds is 4. The molecule has 100 valence electrons. The number of alkyl halides is 1. The molecule has 7 heteroatoms. The van der Waals surface area contributed by atoms with Crippen LogP contribution in [0.25, 0.3) is 10.9 Å². The standard InChI is InChI=1S/C12H13ClN4OS/c13-6-3-7-17-9-5-2-1-4-8(9)10(11(17)18)15-16-12(14)19/h1-2,4-5,18H,3,6-7H2,(H2,14,19). The summed E-state index contributed by atoms with van der Waals surface area (Å²) in [6.45, 7) is 0.610. The van der Waals surface area contributed by atoms with Gasteiger partial charge in [-0.25, -0.2) is 0 Å². The zero-order valence-corrected chi connectivity index (χ0v) is 11.7. The van der Waals surface area contributed by atoms with Crippen LogP contribution >= 0.6 is 23.8 Å². The maximum absolute atomic E-state index is 10.2. The van der Waals surface area contributed by atoms with Crippen molar-refractivity contribution >= 4 is 45.5 Å². The van der Waals surface area contributed by atoms with E-state index in [1.165, 1.54) is 0 Å². The highest BCUT2D eigenvalue weighted by Crippen LogP contribution is 2.38. The highest BCUT2D eigenvalue weighted by atomic mass is 35.5. The van der Waals surface area contributed by atoms with Gasteiger partial charge in [0.2, 0.25) is 11.0 Å². The average Bonchev–Trinajstić information content (AvgIpc) is 2.66. The second-order valence-electron chi connectivity index (χ2n) is 3.92. The first-order valence-corrected chi connectivity index (χ1v) is 6.66. The van der Waals surface area contributed by atoms with Crippen LogP contribution in [0.3, 0.4) is 0 Å². The summed E-state index contributed by atoms with van der Waals surface area (Å²) in [5.74, 6) is 0.571. The normalized spacial score (nSPS) is 11.4. The van der Waals surface area contributed by atoms with Crippen molar-refractivity contribution in [2.24, 2.45) is 16.0 Å². The molecule has 0 atom stereocenters. The molecule has 0 aliphatic carbocycles. The predicted molar refractivity (Wildman–Crippen MR) is 80.2 cm³/mol. The van der Waals surface area contributed by atoms with Crippen LogP contribution in [0.4, 0.5) is 5.69 Å². The molecule has 0 aliphatic heterocycles. The molecular weight excluding hydrogens is 284 g/mol. The Morgan fingerprint density at radius 1 is 1.42 bits per heavy atom. The van der Waals surface area contributed by atoms with Crippen molar-refractivity contribution in [2.45, 2.75) is 13.0 Å². The van der Waals surface area contributed by atoms with Gasteiger partial charge in [0.05, 0.1) is 5.52 Å². The lowest BCUT2D eigenvalue weighted by atomic mass is 10.2. The molecule has 0 saturated heterocycles. The van der Waals surface area contributed by atoms with Gasteiger partial charge in [-0.1, -0.05) is 18.2 Å². The Hall–Kier alpha value is -1.66. The molecule has 0 saturated carbocycles. The number of thiocarbonyl (C=S) groups is 1. The number of azo groups is 1. The third-order valence-corrected chi connectivity index (χ3v) is 3.03. The van der Waals surface area contributed by atoms with Crippen molar-refractivity contribution in [1.82, 2.24) is 4.57 Å². The van der Waals surface area contributed by atoms with Crippen molar-refractivity contribution in [3.05, 3.63) is 24.3 Å². The van der Waals surface area contributed by atoms with Crippen molar-refractivity contribution < 1.29 is 5.11 Å². The van der Waals surface area contributed by atoms with Crippen LogP contribution in [0.5, 0.6) is 5.88 Å². The third-order valence-electron chi connectivity index (χ3n) is 2.68. The third kappa shape index (κ3) is 2.85. The number of benzene rings is 1. The summed E-state index contributed by atoms with van der Waals surface area (Å²) in [5, 5.41) is 18.5. The van der Waals surface area contributed by atoms with Crippen molar-refractivity contribution in [3.63, 3.8) is 0 Å². The van der Waals surface area contributed by atoms with E-state index in [1.807, 2.05) is 24.3 Å². The van der Waals surface area contributed by atoms with Gasteiger partial charge in [0.1, 0.15) is 0 Å². The van der Waals surface area contributed by atoms with E-state index in [1.54, 1.807) is 4.57 Å². The zero-order chi connectivity index (χ0) is 13.8. The fourth-order valence-electron chi connectivity index (χ4n) is 1.91. The zero-order valence-electron chi connectivity index (χ0n) is 10.1. The van der Waals surface area contributed by atoms with E-state index in [0.29, 0.717) is 18.1 Å². The molecule has 2 aromatic rings. The van der Waals surface area contributed by atoms with E-state index in [9.17, 15) is 5.11 Å². The van der Waals surface area contributed by atoms with Gasteiger partial charge in [0.25, 0.3) is 0 Å². The molecule has 0 bridgehead atoms. The number of aromatic nitrogens is 1. The smallest absolute Gasteiger partial charge is 0.220 e. The lowest BCUT2D eigenvalue weighted by molar-refractivity contribution is 0.421. The van der Waals surface area contributed by atoms with E-state index in [4.69, 9.17) is 17.3 Å². The minimum atomic E-state index is -0.0722. The van der Waals surface area contributed by atoms with Crippen molar-refractivity contribution in [3.8, 4) is 5.88 Å². The summed E-state index contributed by atoms with van der Waals surface area (Å²) in [7, 11) is 0. The lowest BCUT2D eigenvalue weighted by Gasteiger charge is -2.04. The molecule has 2 rings (SSSR count). The maximum atomic E-state index is 10.2. The monoisotopic (exact) mass is 296 g/mol. The van der Waals surface area contributed by atoms with E-state index < -0.39 is 0 Å². The van der Waals surface area contributed by atoms with Crippen LogP contribution in [-0.2, 0) is 6.54 Å². The Balaban J connectivity index is 2.56. The Morgan fingerprint density at radius 2 is 2.16 bits per heavy atom. The SMILES string of the molecule is NC(=S)N=Nc1c(O)n(CCCCl)c2ccccc12. The molecule has 0 radical (unpaired) electrons. The van der Waals surface area contributed by atoms with Gasteiger partial charge in [-0.2, -0.15) is 0 Å². The topological polar surface area (TPSA) is 75.9 Å². The molecule has 0 aliphatic rings. The number of halogens is 1. The molecule has 5 nitrogen and oxygen atoms in total. The molecule has 3 N–H and O–H groups in total. The number of fused-ring (bicyclic) bond motifs is 1. The first-order valence-electron chi connectivity index (χ1n) is 5.72. The van der Waals surface area contributed by atoms with Gasteiger partial charge in [-0.05, 0) is 24.7 Å². The first-order chi connectivity index (χ1) is 9.15. The van der Waals surface area contributed by atoms with Gasteiger partial charge in [0, 0.05) is 17.8 Å². The van der Waals surface area contributed by atoms with E-state index >= 15 is 0 Å². The molecule has 1 aromatic carbocycles. The van der Waals surface area contributed by atoms with Crippen molar-refractivity contribution in [1.29, 1.82) is 0 Å². The van der Waals surface area contributed by atoms with Gasteiger partial charge >= 0.3 is 0 Å². The quantitative estimate of drug-likeness (QED) is 0.516. The van der Waals surface area contributed by atoms with Gasteiger partial charge in [-0.3, -0.25) is 0 Å². The Bertz CT molecular complexity index is 638. The number of aromatic hydroxyl groups is 1. The number of para-hydroxylation sites is 1. The average molecular weight is 297 g/mol. The van der Waals surface area contributed by atoms with E-state index in [-0.39, 0.29) is 11.0 Å². The Kier molecular flexibility index (Phi) is 4.34. The van der Waals surface area contributed by atoms with Crippen LogP contribution in [0.1, 0.15) is 6.42 Å². The summed E-state index contributed by atoms with van der Waals surface area (Å²) in [4.78, 5) is 0. The van der Waals surface area contributed by atoms with Gasteiger partial charge in [0.15, 0.2) is 5.69 Å². The highest BCUT2D eigenvalue weighted by molar-refractivity contribution is 7.80. The fourth-order valence-corrected chi connectivity index (χ4v) is 2.07. The molecule has 0 unspecified atom stereocenters. The van der Waals surface area contributed by atoms with Crippen LogP contribution in [-0.4, -0.2) is 20.7 Å². The largest absolute Gasteiger partial charge is 0.493 e. The molecule has 1 aromatic heterocycles. The minimum absolute atomic E-state index is 0.0475. The summed E-state index contributed by atoms with van der Waals surface area (Å²) in [6, 6.07) is 7.53. The fraction of sp³-hybridized carbons (Fsp3) is 0.250. The van der Waals surface area contributed by atoms with E-state index in [2.05, 4.69) is 22.4 Å². The molecule has 0 amide bonds. The van der Waals surface area contributed by atoms with Crippen LogP contribution in [0.2, 0.25) is 0 Å². The van der Waals surface area contributed by atoms with Crippen LogP contribution < -0.4 is 5.73 Å². The minimum Gasteiger partial charge on any atom is -0.493 e. The summed E-state index contributed by atoms with van der Waals surface area (Å²) < 4.78 is 1.76. The molecule has 0 fully saturated rings. The Morgan fingerprint density at radius 3 is 2.84 bits per heavy atom. The predicted octanol–water partition coefficient (Wildman–Crippen LogP) is 3.30. The van der Waals surface area contributed by atoms with E-state index in [0.717, 1.165) is 17.3 Å². The molecule has 1 heterocycles. The Labute approximate surface area is 120 Å². The molecular formula is C12H13ClN4OS. The van der Waals surface area contributed by atoms with Crippen LogP contribution in [0, 0.1) is 0 Å². The summed E-state index contributed by atoms with van der Waals surface area (Å²) >= 11 is 10.3. The number of aryl methyl sites for hydroxylation is 1. The number of nitrogens with zero attached hydrogens (tertiary/aromatic N) is 3. The second-order valence-corrected chi connectivity index (χ2v) is 4.72. The lowest BCUT2D eigenvalue weighted by Crippen LogP contribution is -2.01. The number of hydrogen-bond donors (Lipinski definition) is 2. The van der Waals surface area contributed by atoms with Crippen molar-refractivity contribution in [2.75, 3.05) is 5.88 Å². The summed E-state index contributed by atoms with van der Waals surface area (Å²) in [5.41, 5.74) is 6.54. The second kappa shape index (κ2) is 5.99. The molecule has 0 spiro atoms. The summed E-state index contributed by atoms with van der Waals surface area (Å²) in [6.07, 6.45) is 0.750. The van der Waals surface area contributed by atoms with Crippen LogP contribution in [0.15, 0.2) is 34.5 Å². The van der Waals surface area contributed by atoms with Gasteiger partial charge < -0.3 is 15.4 Å².